The SMILES string of the molecule is Cc1cc(N2C[C@H]3C[C@@H]2CN3C(=O)O)ncc1Nc1ncc(C(F)(F)F)c(Cl)n1. The summed E-state index contributed by atoms with van der Waals surface area (Å²) in [6, 6.07) is 1.87. The second-order valence-corrected chi connectivity index (χ2v) is 7.37. The summed E-state index contributed by atoms with van der Waals surface area (Å²) in [7, 11) is 0. The van der Waals surface area contributed by atoms with Crippen molar-refractivity contribution in [3.63, 3.8) is 0 Å². The minimum atomic E-state index is -4.62. The van der Waals surface area contributed by atoms with E-state index < -0.39 is 23.0 Å². The number of pyridine rings is 1. The zero-order valence-electron chi connectivity index (χ0n) is 15.1. The van der Waals surface area contributed by atoms with E-state index in [0.29, 0.717) is 25.0 Å². The number of nitrogens with one attached hydrogen (secondary N) is 1. The van der Waals surface area contributed by atoms with Crippen LogP contribution in [0.15, 0.2) is 18.5 Å². The fourth-order valence-corrected chi connectivity index (χ4v) is 3.98. The summed E-state index contributed by atoms with van der Waals surface area (Å²) in [5, 5.41) is 11.3. The Bertz CT molecular complexity index is 973. The molecule has 1 amide bonds. The topological polar surface area (TPSA) is 94.5 Å². The highest BCUT2D eigenvalue weighted by molar-refractivity contribution is 6.30. The average molecular weight is 429 g/mol. The molecule has 2 saturated heterocycles. The number of piperazine rings is 1. The molecule has 2 atom stereocenters. The van der Waals surface area contributed by atoms with Crippen LogP contribution in [0, 0.1) is 6.92 Å². The standard InChI is InChI=1S/C17H16ClF3N6O2/c1-8-2-13(26-6-10-3-9(26)7-27(10)16(28)29)22-5-12(8)24-15-23-4-11(14(18)25-15)17(19,20)21/h2,4-5,9-10H,3,6-7H2,1H3,(H,28,29)(H,23,24,25)/t9-,10-/m1/s1. The fourth-order valence-electron chi connectivity index (χ4n) is 3.74. The predicted octanol–water partition coefficient (Wildman–Crippen LogP) is 3.54. The Kier molecular flexibility index (Phi) is 4.64. The lowest BCUT2D eigenvalue weighted by atomic mass is 10.2. The molecule has 2 N–H and O–H groups in total. The third-order valence-corrected chi connectivity index (χ3v) is 5.46. The summed E-state index contributed by atoms with van der Waals surface area (Å²) in [5.41, 5.74) is 0.211. The van der Waals surface area contributed by atoms with Crippen molar-refractivity contribution in [3.8, 4) is 0 Å². The third-order valence-electron chi connectivity index (χ3n) is 5.17. The van der Waals surface area contributed by atoms with Crippen LogP contribution in [0.4, 0.5) is 35.4 Å². The lowest BCUT2D eigenvalue weighted by molar-refractivity contribution is -0.137. The number of amides is 1. The normalized spacial score (nSPS) is 21.0. The molecule has 4 rings (SSSR count). The van der Waals surface area contributed by atoms with Crippen molar-refractivity contribution < 1.29 is 23.1 Å². The third kappa shape index (κ3) is 3.61. The molecule has 0 aliphatic carbocycles. The monoisotopic (exact) mass is 428 g/mol. The molecule has 29 heavy (non-hydrogen) atoms. The van der Waals surface area contributed by atoms with Crippen molar-refractivity contribution in [1.29, 1.82) is 0 Å². The number of carboxylic acid groups (broad SMARTS) is 1. The summed E-state index contributed by atoms with van der Waals surface area (Å²) < 4.78 is 38.3. The van der Waals surface area contributed by atoms with Gasteiger partial charge in [-0.15, -0.1) is 0 Å². The van der Waals surface area contributed by atoms with Crippen LogP contribution in [0.5, 0.6) is 0 Å². The number of likely N-dealkylation sites (tertiary alicyclic amines) is 1. The number of rotatable bonds is 3. The van der Waals surface area contributed by atoms with Crippen LogP contribution in [0.25, 0.3) is 0 Å². The number of aromatic nitrogens is 3. The zero-order valence-corrected chi connectivity index (χ0v) is 15.9. The van der Waals surface area contributed by atoms with Gasteiger partial charge in [-0.25, -0.2) is 19.7 Å². The van der Waals surface area contributed by atoms with E-state index in [0.717, 1.165) is 17.8 Å². The molecule has 0 aromatic carbocycles. The first kappa shape index (κ1) is 19.5. The Hall–Kier alpha value is -2.82. The summed E-state index contributed by atoms with van der Waals surface area (Å²) in [5.74, 6) is 0.648. The molecule has 2 fully saturated rings. The molecule has 0 spiro atoms. The van der Waals surface area contributed by atoms with Crippen molar-refractivity contribution in [3.05, 3.63) is 34.7 Å². The molecule has 2 aliphatic rings. The highest BCUT2D eigenvalue weighted by Gasteiger charge is 2.45. The lowest BCUT2D eigenvalue weighted by Gasteiger charge is -2.33. The number of halogens is 4. The Labute approximate surface area is 168 Å². The number of aryl methyl sites for hydroxylation is 1. The number of hydrogen-bond acceptors (Lipinski definition) is 6. The predicted molar refractivity (Wildman–Crippen MR) is 98.6 cm³/mol. The van der Waals surface area contributed by atoms with Gasteiger partial charge in [0.2, 0.25) is 5.95 Å². The maximum Gasteiger partial charge on any atom is 0.420 e. The van der Waals surface area contributed by atoms with Crippen molar-refractivity contribution >= 4 is 35.1 Å². The molecule has 0 radical (unpaired) electrons. The molecule has 2 aliphatic heterocycles. The molecule has 8 nitrogen and oxygen atoms in total. The molecule has 12 heteroatoms. The maximum absolute atomic E-state index is 12.8. The molecule has 0 unspecified atom stereocenters. The Morgan fingerprint density at radius 2 is 2.03 bits per heavy atom. The van der Waals surface area contributed by atoms with Gasteiger partial charge in [-0.1, -0.05) is 11.6 Å². The molecular weight excluding hydrogens is 413 g/mol. The van der Waals surface area contributed by atoms with E-state index in [-0.39, 0.29) is 18.0 Å². The van der Waals surface area contributed by atoms with Gasteiger partial charge in [-0.2, -0.15) is 13.2 Å². The van der Waals surface area contributed by atoms with Gasteiger partial charge in [0, 0.05) is 19.3 Å². The van der Waals surface area contributed by atoms with Gasteiger partial charge in [-0.3, -0.25) is 0 Å². The van der Waals surface area contributed by atoms with E-state index in [1.54, 1.807) is 6.20 Å². The van der Waals surface area contributed by atoms with Gasteiger partial charge < -0.3 is 20.2 Å². The second kappa shape index (κ2) is 6.90. The largest absolute Gasteiger partial charge is 0.465 e. The van der Waals surface area contributed by atoms with Crippen LogP contribution in [0.2, 0.25) is 5.15 Å². The average Bonchev–Trinajstić information content (AvgIpc) is 3.23. The van der Waals surface area contributed by atoms with Gasteiger partial charge in [0.15, 0.2) is 0 Å². The number of anilines is 3. The van der Waals surface area contributed by atoms with Gasteiger partial charge >= 0.3 is 12.3 Å². The molecule has 4 heterocycles. The van der Waals surface area contributed by atoms with Crippen molar-refractivity contribution in [2.75, 3.05) is 23.3 Å². The van der Waals surface area contributed by atoms with Gasteiger partial charge in [0.1, 0.15) is 16.5 Å². The van der Waals surface area contributed by atoms with Gasteiger partial charge in [0.25, 0.3) is 0 Å². The number of fused-ring (bicyclic) bond motifs is 2. The highest BCUT2D eigenvalue weighted by atomic mass is 35.5. The van der Waals surface area contributed by atoms with Crippen LogP contribution < -0.4 is 10.2 Å². The Balaban J connectivity index is 1.49. The van der Waals surface area contributed by atoms with Gasteiger partial charge in [0.05, 0.1) is 24.0 Å². The van der Waals surface area contributed by atoms with Crippen molar-refractivity contribution in [1.82, 2.24) is 19.9 Å². The second-order valence-electron chi connectivity index (χ2n) is 7.01. The quantitative estimate of drug-likeness (QED) is 0.722. The summed E-state index contributed by atoms with van der Waals surface area (Å²) >= 11 is 5.62. The minimum absolute atomic E-state index is 0.0416. The van der Waals surface area contributed by atoms with Gasteiger partial charge in [-0.05, 0) is 25.0 Å². The van der Waals surface area contributed by atoms with E-state index in [9.17, 15) is 23.1 Å². The molecule has 0 saturated carbocycles. The van der Waals surface area contributed by atoms with E-state index in [1.165, 1.54) is 4.90 Å². The first-order valence-corrected chi connectivity index (χ1v) is 9.11. The van der Waals surface area contributed by atoms with Crippen LogP contribution in [-0.4, -0.2) is 56.2 Å². The number of alkyl halides is 3. The van der Waals surface area contributed by atoms with Crippen molar-refractivity contribution in [2.24, 2.45) is 0 Å². The number of nitrogens with zero attached hydrogens (tertiary/aromatic N) is 5. The van der Waals surface area contributed by atoms with E-state index in [1.807, 2.05) is 13.0 Å². The minimum Gasteiger partial charge on any atom is -0.465 e. The lowest BCUT2D eigenvalue weighted by Crippen LogP contribution is -2.48. The molecule has 2 bridgehead atoms. The van der Waals surface area contributed by atoms with E-state index >= 15 is 0 Å². The Morgan fingerprint density at radius 1 is 1.28 bits per heavy atom. The summed E-state index contributed by atoms with van der Waals surface area (Å²) in [6.07, 6.45) is -2.59. The molecular formula is C17H16ClF3N6O2. The highest BCUT2D eigenvalue weighted by Crippen LogP contribution is 2.36. The van der Waals surface area contributed by atoms with E-state index in [2.05, 4.69) is 25.2 Å². The molecule has 2 aromatic heterocycles. The maximum atomic E-state index is 12.8. The summed E-state index contributed by atoms with van der Waals surface area (Å²) in [4.78, 5) is 26.5. The Morgan fingerprint density at radius 3 is 2.59 bits per heavy atom. The van der Waals surface area contributed by atoms with Crippen LogP contribution in [0.3, 0.4) is 0 Å². The smallest absolute Gasteiger partial charge is 0.420 e. The number of hydrogen-bond donors (Lipinski definition) is 2. The van der Waals surface area contributed by atoms with Crippen LogP contribution in [0.1, 0.15) is 17.5 Å². The van der Waals surface area contributed by atoms with Crippen LogP contribution >= 0.6 is 11.6 Å². The summed E-state index contributed by atoms with van der Waals surface area (Å²) in [6.45, 7) is 2.84. The van der Waals surface area contributed by atoms with E-state index in [4.69, 9.17) is 11.6 Å². The molecule has 154 valence electrons. The zero-order chi connectivity index (χ0) is 20.9. The number of carbonyl (C=O) groups is 1. The van der Waals surface area contributed by atoms with Crippen molar-refractivity contribution in [2.45, 2.75) is 31.6 Å². The van der Waals surface area contributed by atoms with Crippen LogP contribution in [-0.2, 0) is 6.18 Å². The fraction of sp³-hybridized carbons (Fsp3) is 0.412. The first-order chi connectivity index (χ1) is 13.6. The first-order valence-electron chi connectivity index (χ1n) is 8.73. The molecule has 2 aromatic rings.